The summed E-state index contributed by atoms with van der Waals surface area (Å²) in [6.07, 6.45) is 1.86. The van der Waals surface area contributed by atoms with Crippen LogP contribution in [0.3, 0.4) is 0 Å². The maximum atomic E-state index is 12.4. The van der Waals surface area contributed by atoms with E-state index in [0.717, 1.165) is 20.9 Å². The number of aromatic nitrogens is 1. The third kappa shape index (κ3) is 3.12. The van der Waals surface area contributed by atoms with Crippen molar-refractivity contribution in [2.24, 2.45) is 0 Å². The van der Waals surface area contributed by atoms with Crippen LogP contribution in [-0.4, -0.2) is 32.4 Å². The van der Waals surface area contributed by atoms with Crippen LogP contribution in [0.4, 0.5) is 0 Å². The Labute approximate surface area is 143 Å². The number of nitrogens with zero attached hydrogens (tertiary/aromatic N) is 1. The number of hydrogen-bond donors (Lipinski definition) is 2. The zero-order valence-electron chi connectivity index (χ0n) is 12.6. The van der Waals surface area contributed by atoms with Gasteiger partial charge in [-0.2, -0.15) is 0 Å². The average Bonchev–Trinajstić information content (AvgIpc) is 3.02. The van der Waals surface area contributed by atoms with Crippen LogP contribution in [0.2, 0.25) is 0 Å². The van der Waals surface area contributed by atoms with Gasteiger partial charge in [0.1, 0.15) is 0 Å². The quantitative estimate of drug-likeness (QED) is 0.697. The summed E-state index contributed by atoms with van der Waals surface area (Å²) >= 11 is 6.09. The Balaban J connectivity index is 1.87. The number of benzene rings is 2. The number of fused-ring (bicyclic) bond motifs is 1. The molecule has 2 N–H and O–H groups in total. The molecule has 0 saturated carbocycles. The molecular weight excluding hydrogens is 328 g/mol. The predicted molar refractivity (Wildman–Crippen MR) is 91.9 cm³/mol. The second-order valence-electron chi connectivity index (χ2n) is 5.40. The number of aromatic amines is 1. The monoisotopic (exact) mass is 342 g/mol. The topological polar surface area (TPSA) is 73.4 Å². The minimum atomic E-state index is -1.17. The molecule has 1 aromatic heterocycles. The molecule has 6 heteroatoms. The fourth-order valence-electron chi connectivity index (χ4n) is 2.62. The summed E-state index contributed by atoms with van der Waals surface area (Å²) < 4.78 is 0.763. The van der Waals surface area contributed by atoms with E-state index in [1.54, 1.807) is 36.5 Å². The van der Waals surface area contributed by atoms with Crippen molar-refractivity contribution in [1.29, 1.82) is 0 Å². The van der Waals surface area contributed by atoms with Crippen LogP contribution in [0.1, 0.15) is 15.9 Å². The van der Waals surface area contributed by atoms with E-state index in [1.807, 2.05) is 24.3 Å². The highest BCUT2D eigenvalue weighted by molar-refractivity contribution is 6.25. The smallest absolute Gasteiger partial charge is 0.328 e. The van der Waals surface area contributed by atoms with Crippen molar-refractivity contribution in [2.45, 2.75) is 12.5 Å². The van der Waals surface area contributed by atoms with Crippen LogP contribution in [0.25, 0.3) is 10.9 Å². The molecule has 2 aromatic carbocycles. The van der Waals surface area contributed by atoms with E-state index in [4.69, 9.17) is 11.8 Å². The van der Waals surface area contributed by atoms with Crippen LogP contribution in [0.5, 0.6) is 0 Å². The lowest BCUT2D eigenvalue weighted by Crippen LogP contribution is -2.40. The first-order valence-electron chi connectivity index (χ1n) is 7.40. The van der Waals surface area contributed by atoms with Crippen LogP contribution >= 0.6 is 11.8 Å². The number of carboxylic acids is 1. The largest absolute Gasteiger partial charge is 0.480 e. The number of carbonyl (C=O) groups excluding carboxylic acids is 1. The Kier molecular flexibility index (Phi) is 4.53. The van der Waals surface area contributed by atoms with Crippen molar-refractivity contribution in [2.75, 3.05) is 0 Å². The number of H-pyrrole nitrogens is 1. The van der Waals surface area contributed by atoms with Gasteiger partial charge in [-0.25, -0.2) is 9.21 Å². The van der Waals surface area contributed by atoms with Crippen LogP contribution < -0.4 is 0 Å². The van der Waals surface area contributed by atoms with Crippen molar-refractivity contribution in [1.82, 2.24) is 9.40 Å². The van der Waals surface area contributed by atoms with Gasteiger partial charge < -0.3 is 10.1 Å². The van der Waals surface area contributed by atoms with Crippen molar-refractivity contribution in [3.8, 4) is 0 Å². The molecule has 0 aliphatic heterocycles. The van der Waals surface area contributed by atoms with Crippen molar-refractivity contribution < 1.29 is 14.7 Å². The SMILES string of the molecule is O=C(O)[C@H](Cc1c[nH]c2ccccc12)N(Cl)C(=O)c1ccccc1. The number of carbonyl (C=O) groups is 2. The normalized spacial score (nSPS) is 12.0. The minimum Gasteiger partial charge on any atom is -0.480 e. The molecule has 0 aliphatic carbocycles. The molecule has 0 fully saturated rings. The highest BCUT2D eigenvalue weighted by Crippen LogP contribution is 2.22. The van der Waals surface area contributed by atoms with E-state index in [-0.39, 0.29) is 6.42 Å². The Morgan fingerprint density at radius 1 is 1.08 bits per heavy atom. The first-order chi connectivity index (χ1) is 11.6. The predicted octanol–water partition coefficient (Wildman–Crippen LogP) is 3.46. The van der Waals surface area contributed by atoms with Crippen LogP contribution in [0, 0.1) is 0 Å². The maximum Gasteiger partial charge on any atom is 0.328 e. The van der Waals surface area contributed by atoms with E-state index in [0.29, 0.717) is 5.56 Å². The number of halogens is 1. The van der Waals surface area contributed by atoms with Gasteiger partial charge in [0, 0.05) is 40.9 Å². The van der Waals surface area contributed by atoms with Gasteiger partial charge in [-0.15, -0.1) is 0 Å². The van der Waals surface area contributed by atoms with E-state index < -0.39 is 17.9 Å². The summed E-state index contributed by atoms with van der Waals surface area (Å²) in [7, 11) is 0. The molecule has 1 atom stereocenters. The van der Waals surface area contributed by atoms with Crippen molar-refractivity contribution in [3.63, 3.8) is 0 Å². The molecule has 24 heavy (non-hydrogen) atoms. The van der Waals surface area contributed by atoms with E-state index in [9.17, 15) is 14.7 Å². The fourth-order valence-corrected chi connectivity index (χ4v) is 2.87. The molecular formula is C18H15ClN2O3. The van der Waals surface area contributed by atoms with Gasteiger partial charge in [-0.3, -0.25) is 4.79 Å². The molecule has 5 nitrogen and oxygen atoms in total. The van der Waals surface area contributed by atoms with Gasteiger partial charge >= 0.3 is 5.97 Å². The van der Waals surface area contributed by atoms with Gasteiger partial charge in [0.05, 0.1) is 0 Å². The summed E-state index contributed by atoms with van der Waals surface area (Å²) in [6, 6.07) is 14.8. The Morgan fingerprint density at radius 3 is 2.46 bits per heavy atom. The van der Waals surface area contributed by atoms with Gasteiger partial charge in [-0.1, -0.05) is 36.4 Å². The molecule has 0 aliphatic rings. The molecule has 0 saturated heterocycles. The van der Waals surface area contributed by atoms with Crippen LogP contribution in [0.15, 0.2) is 60.8 Å². The van der Waals surface area contributed by atoms with Crippen LogP contribution in [-0.2, 0) is 11.2 Å². The van der Waals surface area contributed by atoms with E-state index in [1.165, 1.54) is 0 Å². The molecule has 0 unspecified atom stereocenters. The first-order valence-corrected chi connectivity index (χ1v) is 7.74. The molecule has 0 bridgehead atoms. The molecule has 3 rings (SSSR count). The second-order valence-corrected chi connectivity index (χ2v) is 5.76. The lowest BCUT2D eigenvalue weighted by atomic mass is 10.0. The highest BCUT2D eigenvalue weighted by atomic mass is 35.5. The van der Waals surface area contributed by atoms with E-state index >= 15 is 0 Å². The Bertz CT molecular complexity index is 876. The standard InChI is InChI=1S/C18H15ClN2O3/c19-21(17(22)12-6-2-1-3-7-12)16(18(23)24)10-13-11-20-15-9-5-4-8-14(13)15/h1-9,11,16,20H,10H2,(H,23,24)/t16-/m0/s1. The summed E-state index contributed by atoms with van der Waals surface area (Å²) in [5, 5.41) is 10.4. The molecule has 0 radical (unpaired) electrons. The van der Waals surface area contributed by atoms with Gasteiger partial charge in [-0.05, 0) is 23.8 Å². The Morgan fingerprint density at radius 2 is 1.75 bits per heavy atom. The number of aliphatic carboxylic acids is 1. The molecule has 0 spiro atoms. The van der Waals surface area contributed by atoms with Gasteiger partial charge in [0.25, 0.3) is 5.91 Å². The second kappa shape index (κ2) is 6.76. The zero-order chi connectivity index (χ0) is 17.1. The maximum absolute atomic E-state index is 12.4. The summed E-state index contributed by atoms with van der Waals surface area (Å²) in [4.78, 5) is 27.1. The lowest BCUT2D eigenvalue weighted by Gasteiger charge is -2.21. The highest BCUT2D eigenvalue weighted by Gasteiger charge is 2.30. The minimum absolute atomic E-state index is 0.113. The molecule has 3 aromatic rings. The summed E-state index contributed by atoms with van der Waals surface area (Å²) in [6.45, 7) is 0. The number of rotatable bonds is 5. The third-order valence-electron chi connectivity index (χ3n) is 3.86. The number of para-hydroxylation sites is 1. The van der Waals surface area contributed by atoms with Gasteiger partial charge in [0.2, 0.25) is 0 Å². The lowest BCUT2D eigenvalue weighted by molar-refractivity contribution is -0.140. The number of nitrogens with one attached hydrogen (secondary N) is 1. The number of hydrogen-bond acceptors (Lipinski definition) is 2. The third-order valence-corrected chi connectivity index (χ3v) is 4.25. The number of amides is 1. The molecule has 122 valence electrons. The van der Waals surface area contributed by atoms with E-state index in [2.05, 4.69) is 4.98 Å². The summed E-state index contributed by atoms with van der Waals surface area (Å²) in [5.74, 6) is -1.69. The first kappa shape index (κ1) is 16.1. The Hall–Kier alpha value is -2.79. The molecule has 1 heterocycles. The van der Waals surface area contributed by atoms with Crippen molar-refractivity contribution in [3.05, 3.63) is 71.9 Å². The average molecular weight is 343 g/mol. The van der Waals surface area contributed by atoms with Crippen molar-refractivity contribution >= 4 is 34.6 Å². The van der Waals surface area contributed by atoms with Gasteiger partial charge in [0.15, 0.2) is 6.04 Å². The number of carboxylic acid groups (broad SMARTS) is 1. The zero-order valence-corrected chi connectivity index (χ0v) is 13.4. The summed E-state index contributed by atoms with van der Waals surface area (Å²) in [5.41, 5.74) is 2.05. The molecule has 1 amide bonds. The fraction of sp³-hybridized carbons (Fsp3) is 0.111.